The van der Waals surface area contributed by atoms with E-state index in [2.05, 4.69) is 6.92 Å². The van der Waals surface area contributed by atoms with Crippen LogP contribution in [0.4, 0.5) is 0 Å². The highest BCUT2D eigenvalue weighted by atomic mass is 35.5. The number of halogens is 2. The molecule has 1 aromatic rings. The Kier molecular flexibility index (Phi) is 2.99. The maximum atomic E-state index is 5.84. The summed E-state index contributed by atoms with van der Waals surface area (Å²) < 4.78 is 0. The summed E-state index contributed by atoms with van der Waals surface area (Å²) in [6.07, 6.45) is 0. The van der Waals surface area contributed by atoms with Gasteiger partial charge < -0.3 is 0 Å². The minimum atomic E-state index is 0.637. The summed E-state index contributed by atoms with van der Waals surface area (Å²) in [5.74, 6) is 0. The number of hydrogen-bond donors (Lipinski definition) is 0. The molecule has 0 saturated carbocycles. The Morgan fingerprint density at radius 2 is 1.91 bits per heavy atom. The van der Waals surface area contributed by atoms with Crippen LogP contribution in [0, 0.1) is 0 Å². The SMILES string of the molecule is CC([SiH3])c1ccc(Cl)c(Cl)c1. The van der Waals surface area contributed by atoms with E-state index in [1.54, 1.807) is 0 Å². The molecule has 0 aliphatic heterocycles. The van der Waals surface area contributed by atoms with Crippen LogP contribution in [0.25, 0.3) is 0 Å². The van der Waals surface area contributed by atoms with E-state index >= 15 is 0 Å². The predicted octanol–water partition coefficient (Wildman–Crippen LogP) is 2.42. The zero-order chi connectivity index (χ0) is 8.43. The normalized spacial score (nSPS) is 13.4. The molecule has 0 aliphatic rings. The molecule has 0 aromatic heterocycles. The predicted molar refractivity (Wildman–Crippen MR) is 54.8 cm³/mol. The largest absolute Gasteiger partial charge is 0.0827 e. The van der Waals surface area contributed by atoms with Crippen molar-refractivity contribution in [2.75, 3.05) is 0 Å². The van der Waals surface area contributed by atoms with Gasteiger partial charge in [0.25, 0.3) is 0 Å². The van der Waals surface area contributed by atoms with Gasteiger partial charge in [-0.3, -0.25) is 0 Å². The summed E-state index contributed by atoms with van der Waals surface area (Å²) in [5, 5.41) is 1.30. The molecule has 60 valence electrons. The van der Waals surface area contributed by atoms with Crippen molar-refractivity contribution in [2.24, 2.45) is 0 Å². The van der Waals surface area contributed by atoms with Gasteiger partial charge in [0, 0.05) is 10.2 Å². The fourth-order valence-electron chi connectivity index (χ4n) is 0.871. The molecule has 0 bridgehead atoms. The molecule has 0 fully saturated rings. The van der Waals surface area contributed by atoms with Gasteiger partial charge in [0.15, 0.2) is 0 Å². The highest BCUT2D eigenvalue weighted by Gasteiger charge is 2.01. The first-order chi connectivity index (χ1) is 5.11. The van der Waals surface area contributed by atoms with Crippen LogP contribution in [-0.4, -0.2) is 10.2 Å². The van der Waals surface area contributed by atoms with E-state index < -0.39 is 0 Å². The third-order valence-corrected chi connectivity index (χ3v) is 3.02. The van der Waals surface area contributed by atoms with Gasteiger partial charge in [0.2, 0.25) is 0 Å². The van der Waals surface area contributed by atoms with Gasteiger partial charge in [-0.1, -0.05) is 36.2 Å². The lowest BCUT2D eigenvalue weighted by molar-refractivity contribution is 1.08. The molecule has 0 aliphatic carbocycles. The van der Waals surface area contributed by atoms with E-state index in [0.29, 0.717) is 15.6 Å². The first kappa shape index (κ1) is 9.11. The second kappa shape index (κ2) is 3.61. The highest BCUT2D eigenvalue weighted by Crippen LogP contribution is 2.24. The first-order valence-electron chi connectivity index (χ1n) is 3.56. The summed E-state index contributed by atoms with van der Waals surface area (Å²) in [5.41, 5.74) is 1.93. The fourth-order valence-corrected chi connectivity index (χ4v) is 1.54. The Hall–Kier alpha value is 0.0169. The zero-order valence-corrected chi connectivity index (χ0v) is 10.1. The summed E-state index contributed by atoms with van der Waals surface area (Å²) in [4.78, 5) is 0. The van der Waals surface area contributed by atoms with Gasteiger partial charge in [-0.15, -0.1) is 0 Å². The number of rotatable bonds is 1. The van der Waals surface area contributed by atoms with Gasteiger partial charge in [-0.25, -0.2) is 0 Å². The summed E-state index contributed by atoms with van der Waals surface area (Å²) >= 11 is 11.6. The quantitative estimate of drug-likeness (QED) is 0.617. The Labute approximate surface area is 79.9 Å². The van der Waals surface area contributed by atoms with Crippen LogP contribution >= 0.6 is 23.2 Å². The van der Waals surface area contributed by atoms with Crippen LogP contribution in [-0.2, 0) is 0 Å². The summed E-state index contributed by atoms with van der Waals surface area (Å²) in [7, 11) is 1.15. The van der Waals surface area contributed by atoms with Crippen molar-refractivity contribution in [3.63, 3.8) is 0 Å². The van der Waals surface area contributed by atoms with Crippen molar-refractivity contribution in [1.82, 2.24) is 0 Å². The molecular weight excluding hydrogens is 195 g/mol. The molecule has 1 atom stereocenters. The molecule has 0 amide bonds. The third kappa shape index (κ3) is 2.22. The molecule has 0 nitrogen and oxygen atoms in total. The molecule has 0 saturated heterocycles. The van der Waals surface area contributed by atoms with Crippen molar-refractivity contribution in [3.8, 4) is 0 Å². The highest BCUT2D eigenvalue weighted by molar-refractivity contribution is 6.42. The lowest BCUT2D eigenvalue weighted by atomic mass is 10.2. The Morgan fingerprint density at radius 1 is 1.27 bits per heavy atom. The van der Waals surface area contributed by atoms with Crippen LogP contribution in [0.3, 0.4) is 0 Å². The molecule has 1 rings (SSSR count). The second-order valence-electron chi connectivity index (χ2n) is 2.83. The van der Waals surface area contributed by atoms with Crippen LogP contribution in [0.15, 0.2) is 18.2 Å². The van der Waals surface area contributed by atoms with Crippen molar-refractivity contribution in [1.29, 1.82) is 0 Å². The van der Waals surface area contributed by atoms with Crippen molar-refractivity contribution >= 4 is 33.4 Å². The fraction of sp³-hybridized carbons (Fsp3) is 0.250. The molecule has 1 unspecified atom stereocenters. The van der Waals surface area contributed by atoms with Crippen molar-refractivity contribution in [2.45, 2.75) is 12.5 Å². The lowest BCUT2D eigenvalue weighted by Crippen LogP contribution is -1.90. The van der Waals surface area contributed by atoms with Crippen LogP contribution < -0.4 is 0 Å². The monoisotopic (exact) mass is 204 g/mol. The molecule has 0 heterocycles. The maximum absolute atomic E-state index is 5.84. The van der Waals surface area contributed by atoms with E-state index in [1.165, 1.54) is 5.56 Å². The maximum Gasteiger partial charge on any atom is 0.0595 e. The molecular formula is C8H10Cl2Si. The minimum absolute atomic E-state index is 0.637. The smallest absolute Gasteiger partial charge is 0.0595 e. The van der Waals surface area contributed by atoms with Crippen molar-refractivity contribution < 1.29 is 0 Å². The molecule has 11 heavy (non-hydrogen) atoms. The standard InChI is InChI=1S/C8H10Cl2Si/c1-5(11)6-2-3-7(9)8(10)4-6/h2-5H,1,11H3. The molecule has 0 N–H and O–H groups in total. The lowest BCUT2D eigenvalue weighted by Gasteiger charge is -2.05. The minimum Gasteiger partial charge on any atom is -0.0827 e. The van der Waals surface area contributed by atoms with Gasteiger partial charge in [-0.2, -0.15) is 0 Å². The Balaban J connectivity index is 3.05. The summed E-state index contributed by atoms with van der Waals surface area (Å²) in [6, 6.07) is 5.83. The average Bonchev–Trinajstić information content (AvgIpc) is 1.94. The van der Waals surface area contributed by atoms with E-state index in [9.17, 15) is 0 Å². The van der Waals surface area contributed by atoms with Crippen molar-refractivity contribution in [3.05, 3.63) is 33.8 Å². The number of hydrogen-bond acceptors (Lipinski definition) is 0. The Bertz CT molecular complexity index is 258. The first-order valence-corrected chi connectivity index (χ1v) is 5.47. The van der Waals surface area contributed by atoms with Gasteiger partial charge in [0.05, 0.1) is 10.0 Å². The van der Waals surface area contributed by atoms with Gasteiger partial charge in [-0.05, 0) is 23.2 Å². The molecule has 3 heteroatoms. The number of benzene rings is 1. The van der Waals surface area contributed by atoms with Crippen LogP contribution in [0.1, 0.15) is 18.0 Å². The van der Waals surface area contributed by atoms with Gasteiger partial charge >= 0.3 is 0 Å². The van der Waals surface area contributed by atoms with E-state index in [1.807, 2.05) is 18.2 Å². The second-order valence-corrected chi connectivity index (χ2v) is 5.37. The average molecular weight is 205 g/mol. The van der Waals surface area contributed by atoms with E-state index in [-0.39, 0.29) is 0 Å². The van der Waals surface area contributed by atoms with E-state index in [4.69, 9.17) is 23.2 Å². The molecule has 1 aromatic carbocycles. The van der Waals surface area contributed by atoms with Gasteiger partial charge in [0.1, 0.15) is 0 Å². The van der Waals surface area contributed by atoms with Crippen LogP contribution in [0.2, 0.25) is 10.0 Å². The topological polar surface area (TPSA) is 0 Å². The van der Waals surface area contributed by atoms with E-state index in [0.717, 1.165) is 10.2 Å². The van der Waals surface area contributed by atoms with Crippen LogP contribution in [0.5, 0.6) is 0 Å². The molecule has 0 radical (unpaired) electrons. The Morgan fingerprint density at radius 3 is 2.36 bits per heavy atom. The molecule has 0 spiro atoms. The zero-order valence-electron chi connectivity index (χ0n) is 6.57. The third-order valence-electron chi connectivity index (χ3n) is 1.61. The summed E-state index contributed by atoms with van der Waals surface area (Å²) in [6.45, 7) is 2.19.